The summed E-state index contributed by atoms with van der Waals surface area (Å²) < 4.78 is 0. The van der Waals surface area contributed by atoms with Crippen LogP contribution in [-0.2, 0) is 0 Å². The highest BCUT2D eigenvalue weighted by Crippen LogP contribution is 2.28. The van der Waals surface area contributed by atoms with E-state index in [1.165, 1.54) is 5.56 Å². The van der Waals surface area contributed by atoms with E-state index in [4.69, 9.17) is 17.3 Å². The SMILES string of the molecule is CCC(N)C(c1ccc(Cl)cc1)N(CC(C)C)CC(C)C. The lowest BCUT2D eigenvalue weighted by Gasteiger charge is -2.38. The number of nitrogens with two attached hydrogens (primary N) is 1. The first-order valence-electron chi connectivity index (χ1n) is 8.10. The molecule has 0 radical (unpaired) electrons. The molecule has 1 aromatic carbocycles. The molecule has 2 nitrogen and oxygen atoms in total. The highest BCUT2D eigenvalue weighted by Gasteiger charge is 2.26. The number of benzene rings is 1. The Morgan fingerprint density at radius 3 is 1.86 bits per heavy atom. The Morgan fingerprint density at radius 1 is 1.00 bits per heavy atom. The molecule has 120 valence electrons. The van der Waals surface area contributed by atoms with E-state index in [-0.39, 0.29) is 12.1 Å². The molecule has 0 heterocycles. The van der Waals surface area contributed by atoms with E-state index in [0.717, 1.165) is 24.5 Å². The summed E-state index contributed by atoms with van der Waals surface area (Å²) >= 11 is 6.03. The molecule has 0 aliphatic carbocycles. The van der Waals surface area contributed by atoms with Crippen molar-refractivity contribution >= 4 is 11.6 Å². The van der Waals surface area contributed by atoms with Crippen molar-refractivity contribution in [1.29, 1.82) is 0 Å². The van der Waals surface area contributed by atoms with Crippen molar-refractivity contribution in [3.8, 4) is 0 Å². The molecule has 2 unspecified atom stereocenters. The highest BCUT2D eigenvalue weighted by atomic mass is 35.5. The molecule has 0 saturated heterocycles. The number of halogens is 1. The van der Waals surface area contributed by atoms with Gasteiger partial charge in [-0.1, -0.05) is 58.4 Å². The van der Waals surface area contributed by atoms with Gasteiger partial charge in [0.15, 0.2) is 0 Å². The van der Waals surface area contributed by atoms with E-state index < -0.39 is 0 Å². The summed E-state index contributed by atoms with van der Waals surface area (Å²) in [6, 6.07) is 8.58. The molecule has 1 rings (SSSR count). The molecule has 0 bridgehead atoms. The Balaban J connectivity index is 3.09. The maximum atomic E-state index is 6.46. The van der Waals surface area contributed by atoms with Crippen molar-refractivity contribution in [3.63, 3.8) is 0 Å². The van der Waals surface area contributed by atoms with Crippen LogP contribution in [0.15, 0.2) is 24.3 Å². The van der Waals surface area contributed by atoms with Crippen LogP contribution in [0.2, 0.25) is 5.02 Å². The van der Waals surface area contributed by atoms with Gasteiger partial charge in [0.2, 0.25) is 0 Å². The molecule has 2 atom stereocenters. The third-order valence-corrected chi connectivity index (χ3v) is 3.93. The van der Waals surface area contributed by atoms with Gasteiger partial charge in [-0.3, -0.25) is 4.90 Å². The second-order valence-electron chi connectivity index (χ2n) is 6.81. The topological polar surface area (TPSA) is 29.3 Å². The Bertz CT molecular complexity index is 390. The minimum atomic E-state index is 0.142. The average Bonchev–Trinajstić information content (AvgIpc) is 2.39. The van der Waals surface area contributed by atoms with Crippen LogP contribution in [0.4, 0.5) is 0 Å². The van der Waals surface area contributed by atoms with Gasteiger partial charge in [-0.05, 0) is 36.0 Å². The standard InChI is InChI=1S/C18H31ClN2/c1-6-17(20)18(15-7-9-16(19)10-8-15)21(11-13(2)3)12-14(4)5/h7-10,13-14,17-18H,6,11-12,20H2,1-5H3. The summed E-state index contributed by atoms with van der Waals surface area (Å²) in [5.41, 5.74) is 7.74. The second kappa shape index (κ2) is 8.77. The van der Waals surface area contributed by atoms with Crippen molar-refractivity contribution in [3.05, 3.63) is 34.9 Å². The lowest BCUT2D eigenvalue weighted by atomic mass is 9.94. The molecule has 0 saturated carbocycles. The summed E-state index contributed by atoms with van der Waals surface area (Å²) in [5, 5.41) is 0.779. The van der Waals surface area contributed by atoms with Crippen LogP contribution in [0.1, 0.15) is 52.6 Å². The van der Waals surface area contributed by atoms with E-state index >= 15 is 0 Å². The van der Waals surface area contributed by atoms with E-state index in [2.05, 4.69) is 51.7 Å². The molecule has 0 spiro atoms. The zero-order valence-electron chi connectivity index (χ0n) is 14.1. The Hall–Kier alpha value is -0.570. The monoisotopic (exact) mass is 310 g/mol. The van der Waals surface area contributed by atoms with Crippen molar-refractivity contribution in [2.75, 3.05) is 13.1 Å². The van der Waals surface area contributed by atoms with Gasteiger partial charge in [-0.25, -0.2) is 0 Å². The zero-order valence-corrected chi connectivity index (χ0v) is 14.9. The lowest BCUT2D eigenvalue weighted by molar-refractivity contribution is 0.134. The highest BCUT2D eigenvalue weighted by molar-refractivity contribution is 6.30. The van der Waals surface area contributed by atoms with E-state index in [1.807, 2.05) is 12.1 Å². The third kappa shape index (κ3) is 5.98. The molecular weight excluding hydrogens is 280 g/mol. The summed E-state index contributed by atoms with van der Waals surface area (Å²) in [7, 11) is 0. The minimum Gasteiger partial charge on any atom is -0.326 e. The van der Waals surface area contributed by atoms with Gasteiger partial charge in [-0.2, -0.15) is 0 Å². The van der Waals surface area contributed by atoms with Crippen LogP contribution in [0.3, 0.4) is 0 Å². The van der Waals surface area contributed by atoms with Gasteiger partial charge in [0.05, 0.1) is 0 Å². The summed E-state index contributed by atoms with van der Waals surface area (Å²) in [5.74, 6) is 1.25. The molecule has 0 amide bonds. The molecule has 0 fully saturated rings. The number of rotatable bonds is 8. The minimum absolute atomic E-state index is 0.142. The van der Waals surface area contributed by atoms with Gasteiger partial charge < -0.3 is 5.73 Å². The molecule has 0 aromatic heterocycles. The summed E-state index contributed by atoms with van der Waals surface area (Å²) in [6.45, 7) is 13.4. The normalized spacial score (nSPS) is 15.0. The third-order valence-electron chi connectivity index (χ3n) is 3.68. The second-order valence-corrected chi connectivity index (χ2v) is 7.25. The van der Waals surface area contributed by atoms with Crippen molar-refractivity contribution in [1.82, 2.24) is 4.90 Å². The van der Waals surface area contributed by atoms with Crippen LogP contribution >= 0.6 is 11.6 Å². The smallest absolute Gasteiger partial charge is 0.0499 e. The number of hydrogen-bond acceptors (Lipinski definition) is 2. The number of nitrogens with zero attached hydrogens (tertiary/aromatic N) is 1. The Labute approximate surface area is 135 Å². The first-order valence-corrected chi connectivity index (χ1v) is 8.48. The maximum absolute atomic E-state index is 6.46. The molecular formula is C18H31ClN2. The summed E-state index contributed by atoms with van der Waals surface area (Å²) in [4.78, 5) is 2.55. The predicted molar refractivity (Wildman–Crippen MR) is 93.7 cm³/mol. The first kappa shape index (κ1) is 18.5. The van der Waals surface area contributed by atoms with Crippen molar-refractivity contribution in [2.24, 2.45) is 17.6 Å². The van der Waals surface area contributed by atoms with Gasteiger partial charge in [0.25, 0.3) is 0 Å². The van der Waals surface area contributed by atoms with E-state index in [9.17, 15) is 0 Å². The first-order chi connectivity index (χ1) is 9.85. The largest absolute Gasteiger partial charge is 0.326 e. The molecule has 2 N–H and O–H groups in total. The molecule has 0 aliphatic rings. The van der Waals surface area contributed by atoms with Crippen LogP contribution in [-0.4, -0.2) is 24.0 Å². The Kier molecular flexibility index (Phi) is 7.72. The van der Waals surface area contributed by atoms with Gasteiger partial charge in [-0.15, -0.1) is 0 Å². The number of hydrogen-bond donors (Lipinski definition) is 1. The van der Waals surface area contributed by atoms with E-state index in [1.54, 1.807) is 0 Å². The molecule has 1 aromatic rings. The fraction of sp³-hybridized carbons (Fsp3) is 0.667. The van der Waals surface area contributed by atoms with Crippen LogP contribution in [0.5, 0.6) is 0 Å². The van der Waals surface area contributed by atoms with Crippen LogP contribution in [0, 0.1) is 11.8 Å². The fourth-order valence-corrected chi connectivity index (χ4v) is 2.98. The predicted octanol–water partition coefficient (Wildman–Crippen LogP) is 4.73. The van der Waals surface area contributed by atoms with Crippen molar-refractivity contribution in [2.45, 2.75) is 53.1 Å². The zero-order chi connectivity index (χ0) is 16.0. The molecule has 3 heteroatoms. The Morgan fingerprint density at radius 2 is 1.48 bits per heavy atom. The van der Waals surface area contributed by atoms with Crippen LogP contribution in [0.25, 0.3) is 0 Å². The molecule has 0 aliphatic heterocycles. The van der Waals surface area contributed by atoms with Gasteiger partial charge >= 0.3 is 0 Å². The maximum Gasteiger partial charge on any atom is 0.0499 e. The lowest BCUT2D eigenvalue weighted by Crippen LogP contribution is -2.44. The summed E-state index contributed by atoms with van der Waals surface area (Å²) in [6.07, 6.45) is 0.972. The molecule has 21 heavy (non-hydrogen) atoms. The fourth-order valence-electron chi connectivity index (χ4n) is 2.85. The average molecular weight is 311 g/mol. The van der Waals surface area contributed by atoms with Crippen LogP contribution < -0.4 is 5.73 Å². The van der Waals surface area contributed by atoms with E-state index in [0.29, 0.717) is 11.8 Å². The van der Waals surface area contributed by atoms with Gasteiger partial charge in [0.1, 0.15) is 0 Å². The van der Waals surface area contributed by atoms with Crippen molar-refractivity contribution < 1.29 is 0 Å². The van der Waals surface area contributed by atoms with Gasteiger partial charge in [0, 0.05) is 30.2 Å². The quantitative estimate of drug-likeness (QED) is 0.752.